The summed E-state index contributed by atoms with van der Waals surface area (Å²) in [6.07, 6.45) is -3.73. The maximum atomic E-state index is 12.8. The Bertz CT molecular complexity index is 385. The Morgan fingerprint density at radius 1 is 1.29 bits per heavy atom. The number of hydrogen-bond donors (Lipinski definition) is 2. The van der Waals surface area contributed by atoms with Crippen LogP contribution in [-0.2, 0) is 0 Å². The molecule has 1 aromatic rings. The van der Waals surface area contributed by atoms with E-state index < -0.39 is 12.5 Å². The minimum absolute atomic E-state index is 0.0320. The number of methoxy groups -OCH3 is 2. The van der Waals surface area contributed by atoms with Gasteiger partial charge in [-0.15, -0.1) is 0 Å². The number of nitrogens with two attached hydrogens (primary N) is 1. The molecule has 0 radical (unpaired) electrons. The summed E-state index contributed by atoms with van der Waals surface area (Å²) < 4.78 is 35.5. The number of aliphatic hydroxyl groups is 1. The van der Waals surface area contributed by atoms with E-state index in [4.69, 9.17) is 15.2 Å². The molecule has 0 amide bonds. The molecule has 1 atom stereocenters. The van der Waals surface area contributed by atoms with Gasteiger partial charge in [-0.25, -0.2) is 8.78 Å². The third-order valence-electron chi connectivity index (χ3n) is 2.37. The zero-order chi connectivity index (χ0) is 13.0. The molecule has 3 N–H and O–H groups in total. The van der Waals surface area contributed by atoms with Crippen molar-refractivity contribution in [2.45, 2.75) is 12.5 Å². The molecule has 0 spiro atoms. The minimum atomic E-state index is -2.72. The minimum Gasteiger partial charge on any atom is -0.493 e. The van der Waals surface area contributed by atoms with Gasteiger partial charge in [-0.05, 0) is 17.7 Å². The third kappa shape index (κ3) is 2.83. The first-order chi connectivity index (χ1) is 8.04. The second-order valence-corrected chi connectivity index (χ2v) is 3.40. The summed E-state index contributed by atoms with van der Waals surface area (Å²) in [4.78, 5) is 0. The van der Waals surface area contributed by atoms with Gasteiger partial charge in [0.25, 0.3) is 6.43 Å². The van der Waals surface area contributed by atoms with Gasteiger partial charge in [-0.1, -0.05) is 0 Å². The first-order valence-electron chi connectivity index (χ1n) is 4.97. The van der Waals surface area contributed by atoms with Crippen LogP contribution in [0, 0.1) is 0 Å². The summed E-state index contributed by atoms with van der Waals surface area (Å²) in [5.41, 5.74) is 5.24. The summed E-state index contributed by atoms with van der Waals surface area (Å²) in [6, 6.07) is 2.60. The number of rotatable bonds is 5. The lowest BCUT2D eigenvalue weighted by molar-refractivity contribution is 0.144. The SMILES string of the molecule is COc1cc(C(O)CN)cc(C(F)F)c1OC. The number of ether oxygens (including phenoxy) is 2. The Balaban J connectivity index is 3.34. The van der Waals surface area contributed by atoms with Crippen LogP contribution in [0.2, 0.25) is 0 Å². The average Bonchev–Trinajstić information content (AvgIpc) is 2.35. The van der Waals surface area contributed by atoms with Gasteiger partial charge in [0.05, 0.1) is 25.9 Å². The zero-order valence-corrected chi connectivity index (χ0v) is 9.61. The van der Waals surface area contributed by atoms with Gasteiger partial charge in [0.15, 0.2) is 11.5 Å². The van der Waals surface area contributed by atoms with Gasteiger partial charge in [-0.3, -0.25) is 0 Å². The molecule has 96 valence electrons. The normalized spacial score (nSPS) is 12.6. The zero-order valence-electron chi connectivity index (χ0n) is 9.61. The molecule has 1 rings (SSSR count). The van der Waals surface area contributed by atoms with Crippen molar-refractivity contribution in [1.82, 2.24) is 0 Å². The van der Waals surface area contributed by atoms with Gasteiger partial charge < -0.3 is 20.3 Å². The number of alkyl halides is 2. The maximum absolute atomic E-state index is 12.8. The molecule has 6 heteroatoms. The smallest absolute Gasteiger partial charge is 0.267 e. The molecule has 0 aliphatic heterocycles. The third-order valence-corrected chi connectivity index (χ3v) is 2.37. The molecule has 0 fully saturated rings. The predicted octanol–water partition coefficient (Wildman–Crippen LogP) is 1.63. The van der Waals surface area contributed by atoms with Gasteiger partial charge in [-0.2, -0.15) is 0 Å². The fourth-order valence-corrected chi connectivity index (χ4v) is 1.51. The van der Waals surface area contributed by atoms with Crippen LogP contribution in [0.5, 0.6) is 11.5 Å². The largest absolute Gasteiger partial charge is 0.493 e. The van der Waals surface area contributed by atoms with E-state index in [9.17, 15) is 13.9 Å². The monoisotopic (exact) mass is 247 g/mol. The fraction of sp³-hybridized carbons (Fsp3) is 0.455. The van der Waals surface area contributed by atoms with Crippen LogP contribution >= 0.6 is 0 Å². The molecule has 0 aliphatic carbocycles. The highest BCUT2D eigenvalue weighted by molar-refractivity contribution is 5.50. The van der Waals surface area contributed by atoms with Crippen molar-refractivity contribution in [3.63, 3.8) is 0 Å². The van der Waals surface area contributed by atoms with Crippen molar-refractivity contribution >= 4 is 0 Å². The van der Waals surface area contributed by atoms with Crippen molar-refractivity contribution in [2.24, 2.45) is 5.73 Å². The molecule has 1 aromatic carbocycles. The molecule has 0 aromatic heterocycles. The molecule has 0 saturated carbocycles. The van der Waals surface area contributed by atoms with E-state index in [1.54, 1.807) is 0 Å². The summed E-state index contributed by atoms with van der Waals surface area (Å²) in [5.74, 6) is 0.114. The van der Waals surface area contributed by atoms with Crippen LogP contribution in [0.3, 0.4) is 0 Å². The molecule has 0 heterocycles. The Labute approximate surface area is 97.9 Å². The molecule has 4 nitrogen and oxygen atoms in total. The molecule has 0 saturated heterocycles. The fourth-order valence-electron chi connectivity index (χ4n) is 1.51. The summed E-state index contributed by atoms with van der Waals surface area (Å²) in [6.45, 7) is -0.0574. The standard InChI is InChI=1S/C11H15F2NO3/c1-16-9-4-6(8(15)5-14)3-7(11(12)13)10(9)17-2/h3-4,8,11,15H,5,14H2,1-2H3. The summed E-state index contributed by atoms with van der Waals surface area (Å²) >= 11 is 0. The van der Waals surface area contributed by atoms with Crippen molar-refractivity contribution in [2.75, 3.05) is 20.8 Å². The number of aliphatic hydroxyl groups excluding tert-OH is 1. The summed E-state index contributed by atoms with van der Waals surface area (Å²) in [7, 11) is 2.62. The molecule has 1 unspecified atom stereocenters. The van der Waals surface area contributed by atoms with Crippen LogP contribution in [0.15, 0.2) is 12.1 Å². The topological polar surface area (TPSA) is 64.7 Å². The summed E-state index contributed by atoms with van der Waals surface area (Å²) in [5, 5.41) is 9.55. The highest BCUT2D eigenvalue weighted by atomic mass is 19.3. The Morgan fingerprint density at radius 2 is 1.94 bits per heavy atom. The van der Waals surface area contributed by atoms with Gasteiger partial charge in [0.1, 0.15) is 0 Å². The number of halogens is 2. The van der Waals surface area contributed by atoms with Crippen LogP contribution in [0.25, 0.3) is 0 Å². The maximum Gasteiger partial charge on any atom is 0.267 e. The van der Waals surface area contributed by atoms with Crippen molar-refractivity contribution in [1.29, 1.82) is 0 Å². The molecular formula is C11H15F2NO3. The van der Waals surface area contributed by atoms with E-state index in [0.29, 0.717) is 0 Å². The first-order valence-corrected chi connectivity index (χ1v) is 4.97. The van der Waals surface area contributed by atoms with E-state index in [1.165, 1.54) is 26.4 Å². The van der Waals surface area contributed by atoms with Gasteiger partial charge in [0.2, 0.25) is 0 Å². The Morgan fingerprint density at radius 3 is 2.35 bits per heavy atom. The molecule has 17 heavy (non-hydrogen) atoms. The molecular weight excluding hydrogens is 232 g/mol. The van der Waals surface area contributed by atoms with E-state index >= 15 is 0 Å². The van der Waals surface area contributed by atoms with Crippen molar-refractivity contribution in [3.05, 3.63) is 23.3 Å². The van der Waals surface area contributed by atoms with E-state index in [1.807, 2.05) is 0 Å². The van der Waals surface area contributed by atoms with Crippen LogP contribution in [0.1, 0.15) is 23.7 Å². The number of hydrogen-bond acceptors (Lipinski definition) is 4. The number of benzene rings is 1. The lowest BCUT2D eigenvalue weighted by Gasteiger charge is -2.16. The van der Waals surface area contributed by atoms with Crippen LogP contribution in [-0.4, -0.2) is 25.9 Å². The second kappa shape index (κ2) is 5.79. The highest BCUT2D eigenvalue weighted by Gasteiger charge is 2.21. The predicted molar refractivity (Wildman–Crippen MR) is 58.5 cm³/mol. The van der Waals surface area contributed by atoms with Gasteiger partial charge >= 0.3 is 0 Å². The van der Waals surface area contributed by atoms with E-state index in [2.05, 4.69) is 0 Å². The molecule has 0 aliphatic rings. The second-order valence-electron chi connectivity index (χ2n) is 3.40. The van der Waals surface area contributed by atoms with Crippen LogP contribution < -0.4 is 15.2 Å². The first kappa shape index (κ1) is 13.7. The van der Waals surface area contributed by atoms with Gasteiger partial charge in [0, 0.05) is 6.54 Å². The quantitative estimate of drug-likeness (QED) is 0.830. The van der Waals surface area contributed by atoms with E-state index in [0.717, 1.165) is 0 Å². The van der Waals surface area contributed by atoms with Crippen molar-refractivity contribution in [3.8, 4) is 11.5 Å². The van der Waals surface area contributed by atoms with E-state index in [-0.39, 0.29) is 29.2 Å². The Kier molecular flexibility index (Phi) is 4.65. The average molecular weight is 247 g/mol. The molecule has 0 bridgehead atoms. The van der Waals surface area contributed by atoms with Crippen LogP contribution in [0.4, 0.5) is 8.78 Å². The lowest BCUT2D eigenvalue weighted by Crippen LogP contribution is -2.12. The highest BCUT2D eigenvalue weighted by Crippen LogP contribution is 2.39. The Hall–Kier alpha value is -1.40. The lowest BCUT2D eigenvalue weighted by atomic mass is 10.0. The van der Waals surface area contributed by atoms with Crippen molar-refractivity contribution < 1.29 is 23.4 Å².